The van der Waals surface area contributed by atoms with Crippen LogP contribution in [0.1, 0.15) is 38.0 Å². The number of carbonyl (C=O) groups excluding carboxylic acids is 2. The largest absolute Gasteiger partial charge is 0.398 e. The minimum Gasteiger partial charge on any atom is -0.398 e. The van der Waals surface area contributed by atoms with Crippen LogP contribution in [0.15, 0.2) is 22.9 Å². The molecule has 2 atom stereocenters. The molecule has 2 aromatic rings. The number of fused-ring (bicyclic) bond motifs is 1. The van der Waals surface area contributed by atoms with Crippen LogP contribution < -0.4 is 11.3 Å². The second-order valence-corrected chi connectivity index (χ2v) is 4.78. The molecule has 1 fully saturated rings. The van der Waals surface area contributed by atoms with Gasteiger partial charge >= 0.3 is 0 Å². The van der Waals surface area contributed by atoms with E-state index < -0.39 is 55.2 Å². The Morgan fingerprint density at radius 1 is 1.48 bits per heavy atom. The molecule has 3 rings (SSSR count). The first-order chi connectivity index (χ1) is 12.2. The van der Waals surface area contributed by atoms with Crippen LogP contribution in [-0.4, -0.2) is 21.1 Å². The summed E-state index contributed by atoms with van der Waals surface area (Å²) >= 11 is 0. The second-order valence-electron chi connectivity index (χ2n) is 4.78. The highest BCUT2D eigenvalue weighted by molar-refractivity contribution is 6.03. The fourth-order valence-corrected chi connectivity index (χ4v) is 2.41. The van der Waals surface area contributed by atoms with Crippen LogP contribution in [0, 0.1) is 6.90 Å². The normalized spacial score (nSPS) is 26.0. The molecule has 0 bridgehead atoms. The third-order valence-corrected chi connectivity index (χ3v) is 3.38. The first kappa shape index (κ1) is 8.71. The summed E-state index contributed by atoms with van der Waals surface area (Å²) in [4.78, 5) is 40.9. The van der Waals surface area contributed by atoms with Gasteiger partial charge in [0.15, 0.2) is 5.78 Å². The smallest absolute Gasteiger partial charge is 0.264 e. The highest BCUT2D eigenvalue weighted by Crippen LogP contribution is 2.24. The van der Waals surface area contributed by atoms with Crippen LogP contribution in [0.3, 0.4) is 0 Å². The number of rotatable bonds is 1. The van der Waals surface area contributed by atoms with E-state index in [0.717, 1.165) is 4.57 Å². The number of anilines is 1. The molecule has 1 saturated carbocycles. The van der Waals surface area contributed by atoms with Gasteiger partial charge in [-0.25, -0.2) is 4.98 Å². The molecule has 108 valence electrons. The Hall–Kier alpha value is -2.50. The van der Waals surface area contributed by atoms with Gasteiger partial charge in [0.2, 0.25) is 0 Å². The fourth-order valence-electron chi connectivity index (χ4n) is 2.41. The number of carbonyl (C=O) groups is 2. The predicted molar refractivity (Wildman–Crippen MR) is 78.1 cm³/mol. The van der Waals surface area contributed by atoms with Gasteiger partial charge in [0.1, 0.15) is 11.6 Å². The van der Waals surface area contributed by atoms with Crippen molar-refractivity contribution in [3.05, 3.63) is 34.3 Å². The van der Waals surface area contributed by atoms with Crippen LogP contribution in [0.5, 0.6) is 0 Å². The molecule has 1 aliphatic carbocycles. The average molecular weight is 290 g/mol. The lowest BCUT2D eigenvalue weighted by molar-refractivity contribution is -0.132. The zero-order chi connectivity index (χ0) is 19.3. The van der Waals surface area contributed by atoms with Crippen LogP contribution in [0.25, 0.3) is 10.9 Å². The van der Waals surface area contributed by atoms with Gasteiger partial charge in [-0.3, -0.25) is 19.0 Å². The summed E-state index contributed by atoms with van der Waals surface area (Å²) in [5, 5.41) is -0.287. The molecular weight excluding hydrogens is 270 g/mol. The number of benzene rings is 1. The summed E-state index contributed by atoms with van der Waals surface area (Å²) in [6, 6.07) is -2.74. The monoisotopic (exact) mass is 290 g/mol. The van der Waals surface area contributed by atoms with Gasteiger partial charge in [-0.2, -0.15) is 0 Å². The summed E-state index contributed by atoms with van der Waals surface area (Å²) in [7, 11) is 0. The maximum Gasteiger partial charge on any atom is 0.264 e. The van der Waals surface area contributed by atoms with E-state index in [4.69, 9.17) is 12.6 Å². The molecule has 2 unspecified atom stereocenters. The highest BCUT2D eigenvalue weighted by Gasteiger charge is 2.30. The van der Waals surface area contributed by atoms with E-state index in [1.54, 1.807) is 0 Å². The Bertz CT molecular complexity index is 1020. The molecule has 2 N–H and O–H groups in total. The predicted octanol–water partition coefficient (Wildman–Crippen LogP) is 1.15. The van der Waals surface area contributed by atoms with Crippen molar-refractivity contribution in [1.29, 1.82) is 0 Å². The third kappa shape index (κ3) is 2.12. The number of nitrogens with zero attached hydrogens (tertiary/aromatic N) is 2. The van der Waals surface area contributed by atoms with Crippen LogP contribution in [0.4, 0.5) is 5.69 Å². The van der Waals surface area contributed by atoms with Crippen molar-refractivity contribution in [2.24, 2.45) is 0 Å². The molecule has 1 aromatic carbocycles. The Balaban J connectivity index is 2.40. The van der Waals surface area contributed by atoms with Crippen molar-refractivity contribution in [3.63, 3.8) is 0 Å². The van der Waals surface area contributed by atoms with Crippen LogP contribution in [-0.2, 0) is 9.59 Å². The number of Topliss-reactive ketones (excluding diaryl/α,β-unsaturated/α-hetero) is 2. The van der Waals surface area contributed by atoms with Crippen molar-refractivity contribution in [3.8, 4) is 0 Å². The maximum absolute atomic E-state index is 13.0. The number of hydrogen-bond donors (Lipinski definition) is 1. The lowest BCUT2D eigenvalue weighted by atomic mass is 9.92. The lowest BCUT2D eigenvalue weighted by Crippen LogP contribution is -2.36. The summed E-state index contributed by atoms with van der Waals surface area (Å²) in [5.41, 5.74) is 4.39. The van der Waals surface area contributed by atoms with Gasteiger partial charge < -0.3 is 5.73 Å². The van der Waals surface area contributed by atoms with Crippen molar-refractivity contribution in [2.45, 2.75) is 32.2 Å². The molecule has 0 spiro atoms. The Kier molecular flexibility index (Phi) is 1.99. The van der Waals surface area contributed by atoms with E-state index in [0.29, 0.717) is 0 Å². The molecule has 1 aliphatic rings. The minimum atomic E-state index is -1.28. The number of aromatic nitrogens is 2. The number of ketones is 2. The highest BCUT2D eigenvalue weighted by atomic mass is 16.2. The molecule has 0 aliphatic heterocycles. The van der Waals surface area contributed by atoms with Gasteiger partial charge in [-0.1, -0.05) is 6.04 Å². The zero-order valence-corrected chi connectivity index (χ0v) is 11.0. The summed E-state index contributed by atoms with van der Waals surface area (Å²) < 4.78 is 40.0. The Morgan fingerprint density at radius 2 is 2.29 bits per heavy atom. The summed E-state index contributed by atoms with van der Waals surface area (Å²) in [6.07, 6.45) is -1.81. The SMILES string of the molecule is [2H]Cc1nc2c([2H])c([2H])c([2H])c(N)c2c(=O)n1C1C(=O)CC(=O)CC1[2H]. The van der Waals surface area contributed by atoms with Crippen molar-refractivity contribution in [1.82, 2.24) is 9.55 Å². The van der Waals surface area contributed by atoms with Gasteiger partial charge in [0.25, 0.3) is 5.56 Å². The van der Waals surface area contributed by atoms with Crippen molar-refractivity contribution >= 4 is 28.2 Å². The van der Waals surface area contributed by atoms with E-state index in [2.05, 4.69) is 4.98 Å². The Morgan fingerprint density at radius 3 is 3.00 bits per heavy atom. The quantitative estimate of drug-likeness (QED) is 0.628. The first-order valence-corrected chi connectivity index (χ1v) is 6.25. The molecule has 6 nitrogen and oxygen atoms in total. The second kappa shape index (κ2) is 4.80. The molecular formula is C15H15N3O3. The van der Waals surface area contributed by atoms with Crippen LogP contribution in [0.2, 0.25) is 0 Å². The van der Waals surface area contributed by atoms with Crippen molar-refractivity contribution < 1.29 is 16.4 Å². The Labute approximate surface area is 127 Å². The molecule has 1 heterocycles. The van der Waals surface area contributed by atoms with Crippen molar-refractivity contribution in [2.75, 3.05) is 5.73 Å². The molecule has 6 heteroatoms. The summed E-state index contributed by atoms with van der Waals surface area (Å²) in [5.74, 6) is -1.16. The maximum atomic E-state index is 13.0. The molecule has 21 heavy (non-hydrogen) atoms. The number of nitrogens with two attached hydrogens (primary N) is 1. The standard InChI is InChI=1S/C15H15N3O3/c1-8-17-11-4-2-3-10(16)14(11)15(21)18(8)12-6-5-9(19)7-13(12)20/h2-4,12H,5-7,16H2,1H3/i1D,2D,3D,4D,6D. The molecule has 0 radical (unpaired) electrons. The topological polar surface area (TPSA) is 95.0 Å². The number of nitrogen functional groups attached to an aromatic ring is 1. The third-order valence-electron chi connectivity index (χ3n) is 3.38. The van der Waals surface area contributed by atoms with E-state index in [1.807, 2.05) is 0 Å². The number of aryl methyl sites for hydroxylation is 1. The van der Waals surface area contributed by atoms with Gasteiger partial charge in [0.05, 0.1) is 27.5 Å². The lowest BCUT2D eigenvalue weighted by Gasteiger charge is -2.24. The van der Waals surface area contributed by atoms with Crippen LogP contribution >= 0.6 is 0 Å². The molecule has 0 saturated heterocycles. The average Bonchev–Trinajstić information content (AvgIpc) is 2.58. The molecule has 0 amide bonds. The van der Waals surface area contributed by atoms with Gasteiger partial charge in [0, 0.05) is 14.8 Å². The van der Waals surface area contributed by atoms with Gasteiger partial charge in [-0.05, 0) is 25.4 Å². The fraction of sp³-hybridized carbons (Fsp3) is 0.333. The minimum absolute atomic E-state index is 0.155. The zero-order valence-electron chi connectivity index (χ0n) is 16.0. The molecule has 1 aromatic heterocycles. The van der Waals surface area contributed by atoms with E-state index in [9.17, 15) is 14.4 Å². The summed E-state index contributed by atoms with van der Waals surface area (Å²) in [6.45, 7) is -0.509. The van der Waals surface area contributed by atoms with E-state index in [-0.39, 0.29) is 34.6 Å². The van der Waals surface area contributed by atoms with E-state index >= 15 is 0 Å². The number of hydrogen-bond acceptors (Lipinski definition) is 5. The first-order valence-electron chi connectivity index (χ1n) is 9.03. The van der Waals surface area contributed by atoms with Gasteiger partial charge in [-0.15, -0.1) is 0 Å². The van der Waals surface area contributed by atoms with E-state index in [1.165, 1.54) is 0 Å².